The van der Waals surface area contributed by atoms with E-state index in [9.17, 15) is 14.0 Å². The van der Waals surface area contributed by atoms with Crippen molar-refractivity contribution in [1.29, 1.82) is 0 Å². The van der Waals surface area contributed by atoms with Crippen LogP contribution in [0.2, 0.25) is 0 Å². The van der Waals surface area contributed by atoms with Crippen LogP contribution < -0.4 is 10.1 Å². The number of alkyl carbamates (subject to hydrolysis) is 1. The SMILES string of the molecule is C=CC(=O)N1CC[C@H](OC(=O)NCCOCCOc2cc(F)ccc2-c2nnc(-c3ccc4c(c3)CCC(N(C)C)C4)c3c(F)csc23)C1. The lowest BCUT2D eigenvalue weighted by atomic mass is 9.86. The van der Waals surface area contributed by atoms with Crippen LogP contribution in [0.5, 0.6) is 5.75 Å². The quantitative estimate of drug-likeness (QED) is 0.151. The number of aromatic nitrogens is 2. The number of hydrogen-bond donors (Lipinski definition) is 1. The summed E-state index contributed by atoms with van der Waals surface area (Å²) in [7, 11) is 4.21. The van der Waals surface area contributed by atoms with Crippen molar-refractivity contribution in [1.82, 2.24) is 25.3 Å². The molecule has 4 aromatic rings. The predicted octanol–water partition coefficient (Wildman–Crippen LogP) is 5.63. The lowest BCUT2D eigenvalue weighted by molar-refractivity contribution is -0.125. The van der Waals surface area contributed by atoms with Crippen molar-refractivity contribution in [3.8, 4) is 28.3 Å². The second-order valence-electron chi connectivity index (χ2n) is 12.4. The van der Waals surface area contributed by atoms with Crippen molar-refractivity contribution in [2.75, 3.05) is 53.6 Å². The standard InChI is InChI=1S/C36H39F2N5O5S/c1-4-31(44)43-13-11-27(20-43)48-36(45)39-12-14-46-15-16-47-30-19-25(37)8-10-28(30)34-35-32(29(38)21-49-35)33(40-41-34)24-6-5-23-18-26(42(2)3)9-7-22(23)17-24/h4-6,8,10,17,19,21,26-27H,1,7,9,11-16,18,20H2,2-3H3,(H,39,45)/t26?,27-/m0/s1. The molecular formula is C36H39F2N5O5S. The second kappa shape index (κ2) is 15.4. The van der Waals surface area contributed by atoms with Crippen LogP contribution in [0, 0.1) is 11.6 Å². The van der Waals surface area contributed by atoms with Crippen molar-refractivity contribution in [3.63, 3.8) is 0 Å². The van der Waals surface area contributed by atoms with Gasteiger partial charge in [0.1, 0.15) is 41.5 Å². The monoisotopic (exact) mass is 691 g/mol. The van der Waals surface area contributed by atoms with Gasteiger partial charge in [-0.1, -0.05) is 18.7 Å². The highest BCUT2D eigenvalue weighted by molar-refractivity contribution is 7.17. The molecule has 1 unspecified atom stereocenters. The average Bonchev–Trinajstić information content (AvgIpc) is 3.73. The van der Waals surface area contributed by atoms with Gasteiger partial charge in [0.05, 0.1) is 29.8 Å². The number of hydrogen-bond acceptors (Lipinski definition) is 9. The molecule has 2 aliphatic rings. The number of likely N-dealkylation sites (N-methyl/N-ethyl adjacent to an activating group) is 1. The summed E-state index contributed by atoms with van der Waals surface area (Å²) in [5, 5.41) is 13.5. The number of thiophene rings is 1. The molecule has 6 rings (SSSR count). The number of halogens is 2. The highest BCUT2D eigenvalue weighted by Gasteiger charge is 2.28. The highest BCUT2D eigenvalue weighted by atomic mass is 32.1. The molecule has 49 heavy (non-hydrogen) atoms. The van der Waals surface area contributed by atoms with E-state index >= 15 is 4.39 Å². The van der Waals surface area contributed by atoms with Gasteiger partial charge in [0, 0.05) is 48.1 Å². The molecule has 0 saturated carbocycles. The first-order chi connectivity index (χ1) is 23.7. The third-order valence-electron chi connectivity index (χ3n) is 8.97. The first kappa shape index (κ1) is 34.4. The zero-order chi connectivity index (χ0) is 34.5. The number of nitrogens with zero attached hydrogens (tertiary/aromatic N) is 4. The molecular weight excluding hydrogens is 652 g/mol. The number of fused-ring (bicyclic) bond motifs is 2. The lowest BCUT2D eigenvalue weighted by Gasteiger charge is -2.30. The van der Waals surface area contributed by atoms with E-state index in [2.05, 4.69) is 53.2 Å². The van der Waals surface area contributed by atoms with Gasteiger partial charge in [-0.15, -0.1) is 21.5 Å². The van der Waals surface area contributed by atoms with Crippen LogP contribution in [-0.2, 0) is 27.1 Å². The molecule has 0 bridgehead atoms. The molecule has 1 aliphatic heterocycles. The molecule has 0 radical (unpaired) electrons. The van der Waals surface area contributed by atoms with Gasteiger partial charge < -0.3 is 29.3 Å². The van der Waals surface area contributed by atoms with Crippen LogP contribution >= 0.6 is 11.3 Å². The molecule has 2 atom stereocenters. The molecule has 2 aromatic carbocycles. The fourth-order valence-electron chi connectivity index (χ4n) is 6.33. The number of rotatable bonds is 12. The molecule has 13 heteroatoms. The Morgan fingerprint density at radius 3 is 2.73 bits per heavy atom. The zero-order valence-electron chi connectivity index (χ0n) is 27.5. The number of amides is 2. The van der Waals surface area contributed by atoms with Crippen LogP contribution in [0.3, 0.4) is 0 Å². The molecule has 1 fully saturated rings. The van der Waals surface area contributed by atoms with E-state index in [4.69, 9.17) is 14.2 Å². The van der Waals surface area contributed by atoms with Gasteiger partial charge in [-0.05, 0) is 68.8 Å². The average molecular weight is 692 g/mol. The van der Waals surface area contributed by atoms with Crippen LogP contribution in [0.15, 0.2) is 54.4 Å². The number of carbonyl (C=O) groups excluding carboxylic acids is 2. The Balaban J connectivity index is 1.07. The van der Waals surface area contributed by atoms with Crippen molar-refractivity contribution >= 4 is 33.4 Å². The minimum atomic E-state index is -0.588. The van der Waals surface area contributed by atoms with Crippen LogP contribution in [0.4, 0.5) is 13.6 Å². The normalized spacial score (nSPS) is 17.3. The molecule has 258 valence electrons. The summed E-state index contributed by atoms with van der Waals surface area (Å²) in [5.74, 6) is -0.843. The van der Waals surface area contributed by atoms with Crippen molar-refractivity contribution in [2.45, 2.75) is 37.8 Å². The summed E-state index contributed by atoms with van der Waals surface area (Å²) in [6.07, 6.45) is 3.82. The molecule has 2 amide bonds. The number of benzene rings is 2. The highest BCUT2D eigenvalue weighted by Crippen LogP contribution is 2.41. The summed E-state index contributed by atoms with van der Waals surface area (Å²) in [5.41, 5.74) is 4.71. The van der Waals surface area contributed by atoms with E-state index in [0.29, 0.717) is 52.6 Å². The molecule has 1 N–H and O–H groups in total. The van der Waals surface area contributed by atoms with Gasteiger partial charge in [0.15, 0.2) is 0 Å². The maximum absolute atomic E-state index is 15.4. The van der Waals surface area contributed by atoms with Gasteiger partial charge in [0.25, 0.3) is 0 Å². The third kappa shape index (κ3) is 7.90. The molecule has 1 aliphatic carbocycles. The molecule has 1 saturated heterocycles. The number of likely N-dealkylation sites (tertiary alicyclic amines) is 1. The van der Waals surface area contributed by atoms with E-state index < -0.39 is 11.9 Å². The first-order valence-electron chi connectivity index (χ1n) is 16.3. The summed E-state index contributed by atoms with van der Waals surface area (Å²) < 4.78 is 47.2. The van der Waals surface area contributed by atoms with E-state index in [1.807, 2.05) is 6.07 Å². The number of nitrogens with one attached hydrogen (secondary N) is 1. The Bertz CT molecular complexity index is 1850. The van der Waals surface area contributed by atoms with Crippen molar-refractivity contribution < 1.29 is 32.6 Å². The van der Waals surface area contributed by atoms with Gasteiger partial charge in [-0.3, -0.25) is 4.79 Å². The number of carbonyl (C=O) groups is 2. The minimum absolute atomic E-state index is 0.0907. The van der Waals surface area contributed by atoms with Crippen molar-refractivity contribution in [3.05, 3.63) is 77.2 Å². The van der Waals surface area contributed by atoms with Crippen LogP contribution in [0.25, 0.3) is 32.6 Å². The summed E-state index contributed by atoms with van der Waals surface area (Å²) in [4.78, 5) is 27.6. The molecule has 2 aromatic heterocycles. The van der Waals surface area contributed by atoms with Gasteiger partial charge in [-0.2, -0.15) is 0 Å². The summed E-state index contributed by atoms with van der Waals surface area (Å²) >= 11 is 1.22. The van der Waals surface area contributed by atoms with Crippen LogP contribution in [-0.4, -0.2) is 97.7 Å². The Morgan fingerprint density at radius 1 is 1.08 bits per heavy atom. The van der Waals surface area contributed by atoms with Gasteiger partial charge in [-0.25, -0.2) is 13.6 Å². The maximum Gasteiger partial charge on any atom is 0.407 e. The van der Waals surface area contributed by atoms with Crippen molar-refractivity contribution in [2.24, 2.45) is 0 Å². The predicted molar refractivity (Wildman–Crippen MR) is 184 cm³/mol. The second-order valence-corrected chi connectivity index (χ2v) is 13.2. The Hall–Kier alpha value is -4.46. The number of aryl methyl sites for hydroxylation is 1. The van der Waals surface area contributed by atoms with Gasteiger partial charge in [0.2, 0.25) is 5.91 Å². The van der Waals surface area contributed by atoms with E-state index in [-0.39, 0.29) is 49.9 Å². The largest absolute Gasteiger partial charge is 0.490 e. The smallest absolute Gasteiger partial charge is 0.407 e. The first-order valence-corrected chi connectivity index (χ1v) is 17.2. The Morgan fingerprint density at radius 2 is 1.92 bits per heavy atom. The Labute approximate surface area is 287 Å². The minimum Gasteiger partial charge on any atom is -0.490 e. The fourth-order valence-corrected chi connectivity index (χ4v) is 7.24. The number of ether oxygens (including phenoxy) is 3. The van der Waals surface area contributed by atoms with E-state index in [0.717, 1.165) is 24.8 Å². The topological polar surface area (TPSA) is 106 Å². The molecule has 10 nitrogen and oxygen atoms in total. The lowest BCUT2D eigenvalue weighted by Crippen LogP contribution is -2.34. The van der Waals surface area contributed by atoms with E-state index in [1.54, 1.807) is 11.0 Å². The third-order valence-corrected chi connectivity index (χ3v) is 9.92. The summed E-state index contributed by atoms with van der Waals surface area (Å²) in [6.45, 7) is 4.97. The van der Waals surface area contributed by atoms with E-state index in [1.165, 1.54) is 46.1 Å². The fraction of sp³-hybridized carbons (Fsp3) is 0.389. The zero-order valence-corrected chi connectivity index (χ0v) is 28.4. The Kier molecular flexibility index (Phi) is 10.8. The summed E-state index contributed by atoms with van der Waals surface area (Å²) in [6, 6.07) is 10.8. The maximum atomic E-state index is 15.4. The molecule has 3 heterocycles. The molecule has 0 spiro atoms. The van der Waals surface area contributed by atoms with Gasteiger partial charge >= 0.3 is 6.09 Å². The van der Waals surface area contributed by atoms with Crippen LogP contribution in [0.1, 0.15) is 24.0 Å².